The SMILES string of the molecule is CC(=O)NCC(C)(C)C.NS([O-])([O-])([O-])(CCO)CCO. The highest BCUT2D eigenvalue weighted by Gasteiger charge is 2.18. The minimum Gasteiger partial charge on any atom is -0.832 e. The molecule has 0 heterocycles. The number of nitrogens with two attached hydrogens (primary N) is 1. The van der Waals surface area contributed by atoms with Crippen LogP contribution < -0.4 is 10.5 Å². The van der Waals surface area contributed by atoms with Gasteiger partial charge in [0.15, 0.2) is 0 Å². The first-order valence-corrected chi connectivity index (χ1v) is 8.73. The topological polar surface area (TPSA) is 165 Å². The Morgan fingerprint density at radius 2 is 1.50 bits per heavy atom. The molecule has 0 atom stereocenters. The van der Waals surface area contributed by atoms with Crippen molar-refractivity contribution in [2.24, 2.45) is 10.6 Å². The number of carbonyl (C=O) groups excluding carboxylic acids is 1. The van der Waals surface area contributed by atoms with Crippen LogP contribution in [0.1, 0.15) is 27.7 Å². The van der Waals surface area contributed by atoms with Crippen LogP contribution in [0, 0.1) is 5.41 Å². The molecular formula is C11H27N2O6S-3. The van der Waals surface area contributed by atoms with Crippen LogP contribution in [-0.4, -0.2) is 61.0 Å². The highest BCUT2D eigenvalue weighted by atomic mass is 32.4. The first-order valence-electron chi connectivity index (χ1n) is 6.11. The minimum atomic E-state index is -6.34. The van der Waals surface area contributed by atoms with Crippen molar-refractivity contribution in [2.75, 3.05) is 31.3 Å². The number of rotatable bonds is 5. The van der Waals surface area contributed by atoms with Gasteiger partial charge in [-0.25, -0.2) is 0 Å². The van der Waals surface area contributed by atoms with Gasteiger partial charge in [0, 0.05) is 26.7 Å². The number of aliphatic hydroxyl groups is 2. The number of primary sulfonamides is 6. The predicted octanol–water partition coefficient (Wildman–Crippen LogP) is -0.719. The Balaban J connectivity index is 0. The number of carbonyl (C=O) groups is 1. The van der Waals surface area contributed by atoms with E-state index in [1.165, 1.54) is 6.92 Å². The van der Waals surface area contributed by atoms with Crippen molar-refractivity contribution in [2.45, 2.75) is 27.7 Å². The third-order valence-corrected chi connectivity index (χ3v) is 4.49. The summed E-state index contributed by atoms with van der Waals surface area (Å²) < 4.78 is 32.8. The molecular weight excluding hydrogens is 288 g/mol. The summed E-state index contributed by atoms with van der Waals surface area (Å²) in [5.74, 6) is -2.09. The average Bonchev–Trinajstić information content (AvgIpc) is 2.12. The van der Waals surface area contributed by atoms with Gasteiger partial charge in [-0.15, -0.1) is 0 Å². The highest BCUT2D eigenvalue weighted by molar-refractivity contribution is 8.50. The highest BCUT2D eigenvalue weighted by Crippen LogP contribution is 2.70. The van der Waals surface area contributed by atoms with Gasteiger partial charge in [-0.05, 0) is 16.9 Å². The van der Waals surface area contributed by atoms with E-state index >= 15 is 0 Å². The van der Waals surface area contributed by atoms with Gasteiger partial charge in [0.1, 0.15) is 0 Å². The molecule has 0 bridgehead atoms. The van der Waals surface area contributed by atoms with Crippen molar-refractivity contribution in [3.8, 4) is 0 Å². The van der Waals surface area contributed by atoms with Crippen LogP contribution in [0.3, 0.4) is 0 Å². The van der Waals surface area contributed by atoms with Crippen LogP contribution in [0.2, 0.25) is 0 Å². The van der Waals surface area contributed by atoms with E-state index < -0.39 is 34.0 Å². The van der Waals surface area contributed by atoms with Crippen molar-refractivity contribution < 1.29 is 28.7 Å². The molecule has 0 aromatic carbocycles. The van der Waals surface area contributed by atoms with Crippen LogP contribution in [0.5, 0.6) is 0 Å². The molecule has 0 fully saturated rings. The fraction of sp³-hybridized carbons (Fsp3) is 0.909. The van der Waals surface area contributed by atoms with Crippen LogP contribution in [0.25, 0.3) is 0 Å². The summed E-state index contributed by atoms with van der Waals surface area (Å²) in [6, 6.07) is 0. The zero-order valence-corrected chi connectivity index (χ0v) is 13.4. The summed E-state index contributed by atoms with van der Waals surface area (Å²) in [4.78, 5) is 10.4. The van der Waals surface area contributed by atoms with Crippen molar-refractivity contribution in [1.82, 2.24) is 5.32 Å². The van der Waals surface area contributed by atoms with Crippen LogP contribution in [0.4, 0.5) is 0 Å². The zero-order chi connectivity index (χ0) is 16.7. The molecule has 0 saturated heterocycles. The summed E-state index contributed by atoms with van der Waals surface area (Å²) in [6.07, 6.45) is 0. The molecule has 0 unspecified atom stereocenters. The van der Waals surface area contributed by atoms with Crippen LogP contribution >= 0.6 is 9.32 Å². The van der Waals surface area contributed by atoms with Crippen molar-refractivity contribution in [3.05, 3.63) is 0 Å². The molecule has 0 aromatic heterocycles. The average molecular weight is 315 g/mol. The lowest BCUT2D eigenvalue weighted by atomic mass is 9.97. The van der Waals surface area contributed by atoms with Gasteiger partial charge in [0.2, 0.25) is 5.91 Å². The van der Waals surface area contributed by atoms with Gasteiger partial charge < -0.3 is 43.6 Å². The first-order chi connectivity index (χ1) is 8.54. The first kappa shape index (κ1) is 21.9. The van der Waals surface area contributed by atoms with Crippen LogP contribution in [0.15, 0.2) is 0 Å². The maximum Gasteiger partial charge on any atom is 0.216 e. The number of nitrogens with one attached hydrogen (secondary N) is 1. The van der Waals surface area contributed by atoms with E-state index in [4.69, 9.17) is 10.2 Å². The number of sulfonamides is 6. The molecule has 0 spiro atoms. The van der Waals surface area contributed by atoms with Gasteiger partial charge >= 0.3 is 0 Å². The minimum absolute atomic E-state index is 0.0462. The molecule has 8 nitrogen and oxygen atoms in total. The van der Waals surface area contributed by atoms with E-state index in [-0.39, 0.29) is 11.3 Å². The third kappa shape index (κ3) is 15.6. The van der Waals surface area contributed by atoms with E-state index in [1.54, 1.807) is 0 Å². The molecule has 0 aliphatic rings. The maximum absolute atomic E-state index is 10.9. The zero-order valence-electron chi connectivity index (χ0n) is 12.5. The number of hydrogen-bond acceptors (Lipinski definition) is 7. The second kappa shape index (κ2) is 6.56. The van der Waals surface area contributed by atoms with Crippen LogP contribution in [-0.2, 0) is 4.79 Å². The molecule has 20 heavy (non-hydrogen) atoms. The fourth-order valence-electron chi connectivity index (χ4n) is 0.950. The Kier molecular flexibility index (Phi) is 7.18. The van der Waals surface area contributed by atoms with E-state index in [2.05, 4.69) is 31.2 Å². The van der Waals surface area contributed by atoms with E-state index in [1.807, 2.05) is 0 Å². The molecule has 0 radical (unpaired) electrons. The molecule has 1 amide bonds. The van der Waals surface area contributed by atoms with Gasteiger partial charge in [-0.2, -0.15) is 0 Å². The fourth-order valence-corrected chi connectivity index (χ4v) is 2.07. The lowest BCUT2D eigenvalue weighted by Gasteiger charge is -2.99. The van der Waals surface area contributed by atoms with Gasteiger partial charge in [-0.3, -0.25) is 4.79 Å². The molecule has 5 N–H and O–H groups in total. The predicted molar refractivity (Wildman–Crippen MR) is 76.2 cm³/mol. The van der Waals surface area contributed by atoms with Crippen molar-refractivity contribution in [3.63, 3.8) is 0 Å². The van der Waals surface area contributed by atoms with Crippen molar-refractivity contribution >= 4 is 15.2 Å². The number of sulfone groups is 3. The summed E-state index contributed by atoms with van der Waals surface area (Å²) in [5.41, 5.74) is 0.200. The van der Waals surface area contributed by atoms with E-state index in [9.17, 15) is 18.5 Å². The van der Waals surface area contributed by atoms with Gasteiger partial charge in [0.05, 0.1) is 0 Å². The molecule has 0 rings (SSSR count). The van der Waals surface area contributed by atoms with Gasteiger partial charge in [0.25, 0.3) is 0 Å². The molecule has 0 aliphatic carbocycles. The second-order valence-electron chi connectivity index (χ2n) is 6.06. The molecule has 0 saturated carbocycles. The Morgan fingerprint density at radius 3 is 1.65 bits per heavy atom. The number of amides is 1. The van der Waals surface area contributed by atoms with E-state index in [0.29, 0.717) is 0 Å². The molecule has 9 heteroatoms. The maximum atomic E-state index is 10.9. The van der Waals surface area contributed by atoms with E-state index in [0.717, 1.165) is 6.54 Å². The van der Waals surface area contributed by atoms with Crippen molar-refractivity contribution in [1.29, 1.82) is 0 Å². The number of aliphatic hydroxyl groups excluding tert-OH is 2. The smallest absolute Gasteiger partial charge is 0.216 e. The Bertz CT molecular complexity index is 307. The van der Waals surface area contributed by atoms with Gasteiger partial charge in [-0.1, -0.05) is 20.8 Å². The standard InChI is InChI=1S/C7H15NO.C4H15NO5S/c1-6(9)8-5-7(2,3)4;5-11(8,9,10,3-1-6)4-2-7/h5H2,1-4H3,(H,8,9);6-10H,1-5H2/p-3. The summed E-state index contributed by atoms with van der Waals surface area (Å²) in [5, 5.41) is 23.8. The lowest BCUT2D eigenvalue weighted by molar-refractivity contribution is -0.119. The molecule has 126 valence electrons. The lowest BCUT2D eigenvalue weighted by Crippen LogP contribution is -2.52. The Morgan fingerprint density at radius 1 is 1.15 bits per heavy atom. The summed E-state index contributed by atoms with van der Waals surface area (Å²) >= 11 is 0. The Labute approximate surface area is 119 Å². The largest absolute Gasteiger partial charge is 0.832 e. The quantitative estimate of drug-likeness (QED) is 0.519. The summed E-state index contributed by atoms with van der Waals surface area (Å²) in [7, 11) is -6.34. The Hall–Kier alpha value is -0.420. The third-order valence-electron chi connectivity index (χ3n) is 2.07. The second-order valence-corrected chi connectivity index (χ2v) is 10.4. The number of hydrogen-bond donors (Lipinski definition) is 4. The normalized spacial score (nSPS) is 15.5. The summed E-state index contributed by atoms with van der Waals surface area (Å²) in [6.45, 7) is 6.87. The molecule has 0 aromatic rings. The monoisotopic (exact) mass is 315 g/mol. The molecule has 0 aliphatic heterocycles.